The molecular weight excluding hydrogens is 304 g/mol. The van der Waals surface area contributed by atoms with Crippen LogP contribution in [0.5, 0.6) is 0 Å². The summed E-state index contributed by atoms with van der Waals surface area (Å²) in [5, 5.41) is 0. The van der Waals surface area contributed by atoms with Crippen LogP contribution in [-0.4, -0.2) is 6.29 Å². The van der Waals surface area contributed by atoms with E-state index in [4.69, 9.17) is 0 Å². The predicted molar refractivity (Wildman–Crippen MR) is 104 cm³/mol. The number of fused-ring (bicyclic) bond motifs is 5. The number of aldehydes is 1. The Kier molecular flexibility index (Phi) is 4.44. The quantitative estimate of drug-likeness (QED) is 0.427. The number of hydrogen-bond acceptors (Lipinski definition) is 1. The number of rotatable bonds is 3. The molecule has 4 aliphatic carbocycles. The first-order valence-electron chi connectivity index (χ1n) is 11.0. The van der Waals surface area contributed by atoms with Crippen LogP contribution in [0, 0.1) is 46.3 Å². The van der Waals surface area contributed by atoms with Crippen molar-refractivity contribution < 1.29 is 4.79 Å². The van der Waals surface area contributed by atoms with Crippen LogP contribution in [0.15, 0.2) is 11.6 Å². The van der Waals surface area contributed by atoms with E-state index in [0.29, 0.717) is 16.7 Å². The average molecular weight is 343 g/mol. The number of carbonyl (C=O) groups excluding carboxylic acids is 1. The molecule has 0 aromatic carbocycles. The summed E-state index contributed by atoms with van der Waals surface area (Å²) in [6.45, 7) is 9.99. The highest BCUT2D eigenvalue weighted by Crippen LogP contribution is 2.67. The lowest BCUT2D eigenvalue weighted by Crippen LogP contribution is -2.50. The third-order valence-electron chi connectivity index (χ3n) is 9.58. The molecule has 1 nitrogen and oxygen atoms in total. The van der Waals surface area contributed by atoms with Gasteiger partial charge in [-0.3, -0.25) is 0 Å². The van der Waals surface area contributed by atoms with Gasteiger partial charge < -0.3 is 4.79 Å². The summed E-state index contributed by atoms with van der Waals surface area (Å²) in [6, 6.07) is 0. The Morgan fingerprint density at radius 2 is 1.96 bits per heavy atom. The zero-order chi connectivity index (χ0) is 17.8. The van der Waals surface area contributed by atoms with Gasteiger partial charge in [-0.2, -0.15) is 0 Å². The van der Waals surface area contributed by atoms with Gasteiger partial charge in [-0.1, -0.05) is 39.3 Å². The second-order valence-electron chi connectivity index (χ2n) is 10.7. The topological polar surface area (TPSA) is 17.1 Å². The molecular formula is C24H38O. The van der Waals surface area contributed by atoms with E-state index in [-0.39, 0.29) is 0 Å². The Hall–Kier alpha value is -0.590. The van der Waals surface area contributed by atoms with E-state index in [1.54, 1.807) is 0 Å². The van der Waals surface area contributed by atoms with Crippen LogP contribution in [0.1, 0.15) is 85.5 Å². The van der Waals surface area contributed by atoms with Crippen LogP contribution in [0.4, 0.5) is 0 Å². The van der Waals surface area contributed by atoms with Crippen molar-refractivity contribution in [3.8, 4) is 0 Å². The fraction of sp³-hybridized carbons (Fsp3) is 0.875. The fourth-order valence-corrected chi connectivity index (χ4v) is 8.13. The minimum atomic E-state index is 0.493. The third kappa shape index (κ3) is 2.59. The molecule has 25 heavy (non-hydrogen) atoms. The second kappa shape index (κ2) is 6.24. The predicted octanol–water partition coefficient (Wildman–Crippen LogP) is 6.43. The van der Waals surface area contributed by atoms with Crippen molar-refractivity contribution >= 4 is 6.29 Å². The Labute approximate surface area is 155 Å². The monoisotopic (exact) mass is 342 g/mol. The van der Waals surface area contributed by atoms with Crippen LogP contribution in [0.3, 0.4) is 0 Å². The van der Waals surface area contributed by atoms with E-state index in [2.05, 4.69) is 33.8 Å². The van der Waals surface area contributed by atoms with E-state index in [1.165, 1.54) is 51.4 Å². The molecule has 140 valence electrons. The zero-order valence-electron chi connectivity index (χ0n) is 16.9. The summed E-state index contributed by atoms with van der Waals surface area (Å²) in [7, 11) is 0. The van der Waals surface area contributed by atoms with E-state index in [1.807, 2.05) is 5.57 Å². The molecule has 0 amide bonds. The first kappa shape index (κ1) is 17.8. The zero-order valence-corrected chi connectivity index (χ0v) is 16.9. The SMILES string of the molecule is C[C@H]1CC[C@@]2(C)C(=CCC3C2CC[C@@]2(C)C3CC[C@@H]2[C@H](C)CC=O)C1. The van der Waals surface area contributed by atoms with E-state index in [0.717, 1.165) is 42.3 Å². The first-order chi connectivity index (χ1) is 11.9. The summed E-state index contributed by atoms with van der Waals surface area (Å²) < 4.78 is 0. The molecule has 0 saturated heterocycles. The van der Waals surface area contributed by atoms with Gasteiger partial charge in [0.1, 0.15) is 6.29 Å². The highest BCUT2D eigenvalue weighted by Gasteiger charge is 2.58. The molecule has 0 N–H and O–H groups in total. The molecule has 4 rings (SSSR count). The van der Waals surface area contributed by atoms with Gasteiger partial charge in [0.2, 0.25) is 0 Å². The van der Waals surface area contributed by atoms with Crippen LogP contribution >= 0.6 is 0 Å². The maximum atomic E-state index is 11.1. The Bertz CT molecular complexity index is 562. The van der Waals surface area contributed by atoms with E-state index < -0.39 is 0 Å². The van der Waals surface area contributed by atoms with Crippen molar-refractivity contribution in [1.29, 1.82) is 0 Å². The lowest BCUT2D eigenvalue weighted by Gasteiger charge is -2.58. The second-order valence-corrected chi connectivity index (χ2v) is 10.7. The van der Waals surface area contributed by atoms with Crippen molar-refractivity contribution in [3.05, 3.63) is 11.6 Å². The lowest BCUT2D eigenvalue weighted by molar-refractivity contribution is -0.109. The molecule has 4 aliphatic rings. The first-order valence-corrected chi connectivity index (χ1v) is 11.0. The van der Waals surface area contributed by atoms with Crippen molar-refractivity contribution in [3.63, 3.8) is 0 Å². The minimum Gasteiger partial charge on any atom is -0.303 e. The van der Waals surface area contributed by atoms with Gasteiger partial charge in [-0.25, -0.2) is 0 Å². The van der Waals surface area contributed by atoms with Gasteiger partial charge in [-0.05, 0) is 97.7 Å². The van der Waals surface area contributed by atoms with Crippen molar-refractivity contribution in [2.24, 2.45) is 46.3 Å². The van der Waals surface area contributed by atoms with Crippen molar-refractivity contribution in [2.75, 3.05) is 0 Å². The minimum absolute atomic E-state index is 0.493. The van der Waals surface area contributed by atoms with Crippen LogP contribution < -0.4 is 0 Å². The van der Waals surface area contributed by atoms with Crippen LogP contribution in [0.2, 0.25) is 0 Å². The Morgan fingerprint density at radius 1 is 1.16 bits per heavy atom. The molecule has 3 saturated carbocycles. The highest BCUT2D eigenvalue weighted by atomic mass is 16.1. The lowest BCUT2D eigenvalue weighted by atomic mass is 9.46. The van der Waals surface area contributed by atoms with Crippen molar-refractivity contribution in [1.82, 2.24) is 0 Å². The summed E-state index contributed by atoms with van der Waals surface area (Å²) >= 11 is 0. The third-order valence-corrected chi connectivity index (χ3v) is 9.58. The highest BCUT2D eigenvalue weighted by molar-refractivity contribution is 5.49. The average Bonchev–Trinajstić information content (AvgIpc) is 2.93. The smallest absolute Gasteiger partial charge is 0.120 e. The summed E-state index contributed by atoms with van der Waals surface area (Å²) in [5.74, 6) is 4.98. The molecule has 0 aromatic rings. The molecule has 0 heterocycles. The Balaban J connectivity index is 1.61. The molecule has 3 fully saturated rings. The fourth-order valence-electron chi connectivity index (χ4n) is 8.13. The van der Waals surface area contributed by atoms with Gasteiger partial charge in [0.15, 0.2) is 0 Å². The van der Waals surface area contributed by atoms with Gasteiger partial charge in [0.25, 0.3) is 0 Å². The summed E-state index contributed by atoms with van der Waals surface area (Å²) in [6.07, 6.45) is 15.8. The maximum absolute atomic E-state index is 11.1. The molecule has 8 atom stereocenters. The number of carbonyl (C=O) groups is 1. The standard InChI is InChI=1S/C24H38O/c1-16-9-12-23(3)18(15-16)5-6-19-21-8-7-20(17(2)11-14-25)24(21,4)13-10-22(19)23/h5,14,16-17,19-22H,6-13,15H2,1-4H3/t16-,17+,19?,20+,21?,22?,23-,24+/m0/s1. The van der Waals surface area contributed by atoms with Gasteiger partial charge in [0, 0.05) is 6.42 Å². The van der Waals surface area contributed by atoms with Crippen LogP contribution in [-0.2, 0) is 4.79 Å². The van der Waals surface area contributed by atoms with Gasteiger partial charge >= 0.3 is 0 Å². The van der Waals surface area contributed by atoms with Crippen LogP contribution in [0.25, 0.3) is 0 Å². The summed E-state index contributed by atoms with van der Waals surface area (Å²) in [4.78, 5) is 11.1. The molecule has 0 bridgehead atoms. The molecule has 0 aliphatic heterocycles. The van der Waals surface area contributed by atoms with E-state index in [9.17, 15) is 4.79 Å². The largest absolute Gasteiger partial charge is 0.303 e. The summed E-state index contributed by atoms with van der Waals surface area (Å²) in [5.41, 5.74) is 2.82. The maximum Gasteiger partial charge on any atom is 0.120 e. The molecule has 0 radical (unpaired) electrons. The Morgan fingerprint density at radius 3 is 2.72 bits per heavy atom. The number of hydrogen-bond donors (Lipinski definition) is 0. The van der Waals surface area contributed by atoms with Crippen molar-refractivity contribution in [2.45, 2.75) is 85.5 Å². The van der Waals surface area contributed by atoms with Gasteiger partial charge in [-0.15, -0.1) is 0 Å². The normalized spacial score (nSPS) is 50.2. The molecule has 0 spiro atoms. The van der Waals surface area contributed by atoms with Gasteiger partial charge in [0.05, 0.1) is 0 Å². The molecule has 0 aromatic heterocycles. The molecule has 3 unspecified atom stereocenters. The number of allylic oxidation sites excluding steroid dienone is 2. The van der Waals surface area contributed by atoms with E-state index >= 15 is 0 Å². The molecule has 1 heteroatoms.